The van der Waals surface area contributed by atoms with Crippen LogP contribution in [0.2, 0.25) is 0 Å². The van der Waals surface area contributed by atoms with E-state index in [1.54, 1.807) is 0 Å². The van der Waals surface area contributed by atoms with Crippen LogP contribution in [0, 0.1) is 5.41 Å². The Labute approximate surface area is 98.6 Å². The van der Waals surface area contributed by atoms with Crippen molar-refractivity contribution in [3.05, 3.63) is 0 Å². The van der Waals surface area contributed by atoms with Crippen molar-refractivity contribution in [2.75, 3.05) is 6.61 Å². The molecule has 0 radical (unpaired) electrons. The molecule has 0 aromatic heterocycles. The van der Waals surface area contributed by atoms with Crippen LogP contribution in [0.1, 0.15) is 47.5 Å². The summed E-state index contributed by atoms with van der Waals surface area (Å²) in [5.74, 6) is -0.0547. The van der Waals surface area contributed by atoms with Crippen LogP contribution in [0.25, 0.3) is 0 Å². The smallest absolute Gasteiger partial charge is 0.221 e. The van der Waals surface area contributed by atoms with Gasteiger partial charge in [0, 0.05) is 24.6 Å². The predicted octanol–water partition coefficient (Wildman–Crippen LogP) is 1.03. The van der Waals surface area contributed by atoms with Crippen LogP contribution < -0.4 is 11.1 Å². The number of amides is 1. The molecule has 0 aliphatic rings. The van der Waals surface area contributed by atoms with Gasteiger partial charge in [-0.25, -0.2) is 0 Å². The van der Waals surface area contributed by atoms with E-state index in [-0.39, 0.29) is 29.5 Å². The van der Waals surface area contributed by atoms with Gasteiger partial charge in [0.1, 0.15) is 0 Å². The summed E-state index contributed by atoms with van der Waals surface area (Å²) >= 11 is 0. The van der Waals surface area contributed by atoms with Gasteiger partial charge in [0.2, 0.25) is 5.91 Å². The van der Waals surface area contributed by atoms with E-state index in [9.17, 15) is 4.79 Å². The topological polar surface area (TPSA) is 75.3 Å². The highest BCUT2D eigenvalue weighted by Crippen LogP contribution is 2.20. The average Bonchev–Trinajstić information content (AvgIpc) is 1.99. The molecule has 0 saturated carbocycles. The van der Waals surface area contributed by atoms with Crippen molar-refractivity contribution in [3.63, 3.8) is 0 Å². The fraction of sp³-hybridized carbons (Fsp3) is 0.917. The summed E-state index contributed by atoms with van der Waals surface area (Å²) in [7, 11) is 0. The second kappa shape index (κ2) is 5.64. The van der Waals surface area contributed by atoms with Crippen LogP contribution in [0.5, 0.6) is 0 Å². The first-order valence-corrected chi connectivity index (χ1v) is 5.76. The molecule has 0 aliphatic heterocycles. The molecule has 0 spiro atoms. The van der Waals surface area contributed by atoms with Crippen molar-refractivity contribution in [2.24, 2.45) is 11.1 Å². The molecular weight excluding hydrogens is 204 g/mol. The number of nitrogens with two attached hydrogens (primary N) is 1. The second-order valence-electron chi connectivity index (χ2n) is 6.08. The molecule has 0 bridgehead atoms. The molecule has 0 aromatic rings. The number of hydrogen-bond donors (Lipinski definition) is 3. The summed E-state index contributed by atoms with van der Waals surface area (Å²) in [6, 6.07) is -0.155. The summed E-state index contributed by atoms with van der Waals surface area (Å²) in [6.07, 6.45) is 0.863. The Morgan fingerprint density at radius 3 is 2.19 bits per heavy atom. The number of carbonyl (C=O) groups excluding carboxylic acids is 1. The fourth-order valence-corrected chi connectivity index (χ4v) is 1.28. The average molecular weight is 230 g/mol. The van der Waals surface area contributed by atoms with Gasteiger partial charge in [-0.2, -0.15) is 0 Å². The largest absolute Gasteiger partial charge is 0.396 e. The Balaban J connectivity index is 4.19. The second-order valence-corrected chi connectivity index (χ2v) is 6.08. The molecule has 4 nitrogen and oxygen atoms in total. The van der Waals surface area contributed by atoms with E-state index in [1.165, 1.54) is 0 Å². The van der Waals surface area contributed by atoms with Gasteiger partial charge in [-0.3, -0.25) is 4.79 Å². The maximum Gasteiger partial charge on any atom is 0.221 e. The van der Waals surface area contributed by atoms with Gasteiger partial charge >= 0.3 is 0 Å². The van der Waals surface area contributed by atoms with Crippen molar-refractivity contribution < 1.29 is 9.90 Å². The predicted molar refractivity (Wildman–Crippen MR) is 66.0 cm³/mol. The summed E-state index contributed by atoms with van der Waals surface area (Å²) in [5.41, 5.74) is 5.49. The third-order valence-electron chi connectivity index (χ3n) is 2.73. The molecule has 1 atom stereocenters. The van der Waals surface area contributed by atoms with E-state index in [1.807, 2.05) is 34.6 Å². The maximum atomic E-state index is 11.7. The van der Waals surface area contributed by atoms with Crippen molar-refractivity contribution in [1.82, 2.24) is 5.32 Å². The summed E-state index contributed by atoms with van der Waals surface area (Å²) in [4.78, 5) is 11.7. The first-order chi connectivity index (χ1) is 7.08. The zero-order chi connectivity index (χ0) is 13.0. The zero-order valence-corrected chi connectivity index (χ0v) is 11.1. The normalized spacial score (nSPS) is 14.7. The van der Waals surface area contributed by atoms with Gasteiger partial charge in [-0.15, -0.1) is 0 Å². The lowest BCUT2D eigenvalue weighted by Crippen LogP contribution is -2.47. The lowest BCUT2D eigenvalue weighted by atomic mass is 9.85. The highest BCUT2D eigenvalue weighted by atomic mass is 16.3. The van der Waals surface area contributed by atoms with E-state index in [4.69, 9.17) is 10.8 Å². The third-order valence-corrected chi connectivity index (χ3v) is 2.73. The minimum absolute atomic E-state index is 0.0547. The minimum Gasteiger partial charge on any atom is -0.396 e. The Bertz CT molecular complexity index is 232. The van der Waals surface area contributed by atoms with Crippen molar-refractivity contribution in [1.29, 1.82) is 0 Å². The van der Waals surface area contributed by atoms with E-state index < -0.39 is 0 Å². The van der Waals surface area contributed by atoms with E-state index >= 15 is 0 Å². The Hall–Kier alpha value is -0.610. The third kappa shape index (κ3) is 6.08. The first-order valence-electron chi connectivity index (χ1n) is 5.76. The standard InChI is InChI=1S/C12H26N2O2/c1-11(2,3)9(13)8-10(16)14-12(4,5)6-7-15/h9,15H,6-8,13H2,1-5H3,(H,14,16). The lowest BCUT2D eigenvalue weighted by molar-refractivity contribution is -0.123. The Kier molecular flexibility index (Phi) is 5.42. The molecule has 0 aromatic carbocycles. The van der Waals surface area contributed by atoms with E-state index in [2.05, 4.69) is 5.32 Å². The molecule has 4 N–H and O–H groups in total. The molecule has 1 unspecified atom stereocenters. The van der Waals surface area contributed by atoms with Crippen LogP contribution in [0.15, 0.2) is 0 Å². The van der Waals surface area contributed by atoms with Crippen molar-refractivity contribution in [3.8, 4) is 0 Å². The Morgan fingerprint density at radius 1 is 1.31 bits per heavy atom. The van der Waals surface area contributed by atoms with Crippen LogP contribution in [0.4, 0.5) is 0 Å². The molecular formula is C12H26N2O2. The van der Waals surface area contributed by atoms with Gasteiger partial charge in [-0.05, 0) is 25.7 Å². The number of hydrogen-bond acceptors (Lipinski definition) is 3. The summed E-state index contributed by atoms with van der Waals surface area (Å²) in [6.45, 7) is 9.91. The van der Waals surface area contributed by atoms with Gasteiger partial charge in [0.15, 0.2) is 0 Å². The van der Waals surface area contributed by atoms with Gasteiger partial charge < -0.3 is 16.2 Å². The van der Waals surface area contributed by atoms with Crippen LogP contribution in [-0.4, -0.2) is 29.2 Å². The summed E-state index contributed by atoms with van der Waals surface area (Å²) in [5, 5.41) is 11.7. The van der Waals surface area contributed by atoms with E-state index in [0.717, 1.165) is 0 Å². The van der Waals surface area contributed by atoms with E-state index in [0.29, 0.717) is 12.8 Å². The zero-order valence-electron chi connectivity index (χ0n) is 11.1. The molecule has 0 aliphatic carbocycles. The number of rotatable bonds is 5. The number of nitrogens with one attached hydrogen (secondary N) is 1. The molecule has 1 amide bonds. The molecule has 0 rings (SSSR count). The molecule has 96 valence electrons. The number of aliphatic hydroxyl groups excluding tert-OH is 1. The fourth-order valence-electron chi connectivity index (χ4n) is 1.28. The van der Waals surface area contributed by atoms with Crippen LogP contribution in [-0.2, 0) is 4.79 Å². The lowest BCUT2D eigenvalue weighted by Gasteiger charge is -2.30. The monoisotopic (exact) mass is 230 g/mol. The molecule has 0 fully saturated rings. The Morgan fingerprint density at radius 2 is 1.81 bits per heavy atom. The van der Waals surface area contributed by atoms with Gasteiger partial charge in [-0.1, -0.05) is 20.8 Å². The van der Waals surface area contributed by atoms with Crippen molar-refractivity contribution >= 4 is 5.91 Å². The number of carbonyl (C=O) groups is 1. The van der Waals surface area contributed by atoms with Gasteiger partial charge in [0.25, 0.3) is 0 Å². The molecule has 0 saturated heterocycles. The van der Waals surface area contributed by atoms with Crippen LogP contribution in [0.3, 0.4) is 0 Å². The maximum absolute atomic E-state index is 11.7. The van der Waals surface area contributed by atoms with Crippen molar-refractivity contribution in [2.45, 2.75) is 59.0 Å². The molecule has 16 heavy (non-hydrogen) atoms. The first kappa shape index (κ1) is 15.4. The molecule has 0 heterocycles. The summed E-state index contributed by atoms with van der Waals surface area (Å²) < 4.78 is 0. The quantitative estimate of drug-likeness (QED) is 0.660. The SMILES string of the molecule is CC(C)(CCO)NC(=O)CC(N)C(C)(C)C. The minimum atomic E-state index is -0.372. The highest BCUT2D eigenvalue weighted by molar-refractivity contribution is 5.77. The number of aliphatic hydroxyl groups is 1. The van der Waals surface area contributed by atoms with Crippen LogP contribution >= 0.6 is 0 Å². The van der Waals surface area contributed by atoms with Gasteiger partial charge in [0.05, 0.1) is 0 Å². The highest BCUT2D eigenvalue weighted by Gasteiger charge is 2.26. The molecule has 4 heteroatoms.